The first-order chi connectivity index (χ1) is 30.7. The number of ether oxygens (including phenoxy) is 3. The number of amides is 4. The van der Waals surface area contributed by atoms with E-state index in [1.165, 1.54) is 4.90 Å². The molecule has 4 fully saturated rings. The topological polar surface area (TPSA) is 150 Å². The predicted octanol–water partition coefficient (Wildman–Crippen LogP) is 6.37. The van der Waals surface area contributed by atoms with Crippen LogP contribution in [0.5, 0.6) is 0 Å². The molecule has 4 aliphatic rings. The summed E-state index contributed by atoms with van der Waals surface area (Å²) >= 11 is 0. The number of nitrogens with zero attached hydrogens (tertiary/aromatic N) is 3. The molecule has 4 atom stereocenters. The van der Waals surface area contributed by atoms with Crippen LogP contribution in [0.1, 0.15) is 65.9 Å². The van der Waals surface area contributed by atoms with E-state index in [-0.39, 0.29) is 50.2 Å². The van der Waals surface area contributed by atoms with Crippen molar-refractivity contribution in [2.24, 2.45) is 0 Å². The first kappa shape index (κ1) is 41.9. The van der Waals surface area contributed by atoms with Crippen molar-refractivity contribution in [1.29, 1.82) is 0 Å². The summed E-state index contributed by atoms with van der Waals surface area (Å²) in [5.41, 5.74) is 6.50. The Hall–Kier alpha value is -6.38. The van der Waals surface area contributed by atoms with Crippen molar-refractivity contribution in [1.82, 2.24) is 20.4 Å². The van der Waals surface area contributed by atoms with Crippen molar-refractivity contribution in [3.63, 3.8) is 0 Å². The van der Waals surface area contributed by atoms with Gasteiger partial charge in [-0.15, -0.1) is 0 Å². The van der Waals surface area contributed by atoms with Crippen LogP contribution in [-0.2, 0) is 48.4 Å². The van der Waals surface area contributed by atoms with Crippen LogP contribution in [0.4, 0.5) is 10.5 Å². The van der Waals surface area contributed by atoms with Gasteiger partial charge in [0.1, 0.15) is 18.2 Å². The Labute approximate surface area is 366 Å². The highest BCUT2D eigenvalue weighted by Gasteiger charge is 2.50. The predicted molar refractivity (Wildman–Crippen MR) is 234 cm³/mol. The number of nitrogens with one attached hydrogen (secondary N) is 2. The maximum atomic E-state index is 13.4. The maximum Gasteiger partial charge on any atom is 0.408 e. The second-order valence-corrected chi connectivity index (χ2v) is 16.7. The van der Waals surface area contributed by atoms with Gasteiger partial charge in [0, 0.05) is 37.3 Å². The fourth-order valence-electron chi connectivity index (χ4n) is 9.22. The van der Waals surface area contributed by atoms with Gasteiger partial charge in [0.05, 0.1) is 38.4 Å². The third-order valence-corrected chi connectivity index (χ3v) is 12.7. The SMILES string of the molecule is O=C(NC1CC(=O)N(Cc2cccc(-c3cccc([C@H]4O[C@@H](CN5CCC6(CC5)C(=O)NCN6c5ccccc5)C[C@@H](c5ccc(CO)cc5)O4)c3)c2)C1=O)OCc1ccccc1. The number of hydrogen-bond donors (Lipinski definition) is 3. The Morgan fingerprint density at radius 1 is 0.778 bits per heavy atom. The van der Waals surface area contributed by atoms with Crippen molar-refractivity contribution in [2.75, 3.05) is 31.2 Å². The quantitative estimate of drug-likeness (QED) is 0.121. The fourth-order valence-corrected chi connectivity index (χ4v) is 9.22. The maximum absolute atomic E-state index is 13.4. The molecule has 0 radical (unpaired) electrons. The average molecular weight is 850 g/mol. The van der Waals surface area contributed by atoms with Crippen LogP contribution >= 0.6 is 0 Å². The summed E-state index contributed by atoms with van der Waals surface area (Å²) in [6.45, 7) is 2.73. The number of para-hydroxylation sites is 1. The normalized spacial score (nSPS) is 22.3. The van der Waals surface area contributed by atoms with Gasteiger partial charge in [-0.2, -0.15) is 0 Å². The van der Waals surface area contributed by atoms with Gasteiger partial charge in [-0.1, -0.05) is 109 Å². The molecule has 0 bridgehead atoms. The Morgan fingerprint density at radius 2 is 1.48 bits per heavy atom. The summed E-state index contributed by atoms with van der Waals surface area (Å²) < 4.78 is 18.8. The van der Waals surface area contributed by atoms with Crippen LogP contribution in [0.15, 0.2) is 133 Å². The average Bonchev–Trinajstić information content (AvgIpc) is 3.78. The lowest BCUT2D eigenvalue weighted by atomic mass is 9.85. The van der Waals surface area contributed by atoms with E-state index in [1.54, 1.807) is 0 Å². The van der Waals surface area contributed by atoms with Gasteiger partial charge < -0.3 is 39.8 Å². The van der Waals surface area contributed by atoms with E-state index in [2.05, 4.69) is 32.6 Å². The highest BCUT2D eigenvalue weighted by Crippen LogP contribution is 2.41. The van der Waals surface area contributed by atoms with E-state index in [0.717, 1.165) is 57.7 Å². The van der Waals surface area contributed by atoms with Crippen molar-refractivity contribution < 1.29 is 38.5 Å². The molecule has 13 nitrogen and oxygen atoms in total. The zero-order chi connectivity index (χ0) is 43.3. The Bertz CT molecular complexity index is 2420. The van der Waals surface area contributed by atoms with Crippen LogP contribution in [0.2, 0.25) is 0 Å². The van der Waals surface area contributed by atoms with Gasteiger partial charge in [-0.25, -0.2) is 4.79 Å². The van der Waals surface area contributed by atoms with Gasteiger partial charge >= 0.3 is 6.09 Å². The number of imide groups is 1. The lowest BCUT2D eigenvalue weighted by molar-refractivity contribution is -0.253. The summed E-state index contributed by atoms with van der Waals surface area (Å²) in [4.78, 5) is 58.0. The zero-order valence-electron chi connectivity index (χ0n) is 34.9. The van der Waals surface area contributed by atoms with Gasteiger partial charge in [0.2, 0.25) is 11.8 Å². The molecule has 4 saturated heterocycles. The first-order valence-corrected chi connectivity index (χ1v) is 21.6. The number of piperidine rings is 1. The summed E-state index contributed by atoms with van der Waals surface area (Å²) in [6.07, 6.45) is 0.0270. The van der Waals surface area contributed by atoms with E-state index < -0.39 is 29.9 Å². The number of carbonyl (C=O) groups is 4. The second-order valence-electron chi connectivity index (χ2n) is 16.7. The molecule has 4 heterocycles. The zero-order valence-corrected chi connectivity index (χ0v) is 34.9. The molecule has 9 rings (SSSR count). The Balaban J connectivity index is 0.875. The molecular weight excluding hydrogens is 799 g/mol. The standard InChI is InChI=1S/C50H51N5O8/c56-31-34-17-19-37(20-18-34)44-27-42(30-53-23-21-50(22-24-53)48(59)51-33-55(50)41-15-5-2-6-16-41)62-47(63-44)40-14-8-13-39(26-40)38-12-7-11-36(25-38)29-54-45(57)28-43(46(54)58)52-49(60)61-32-35-9-3-1-4-10-35/h1-20,25-26,42-44,47,56H,21-24,27-33H2,(H,51,59)(H,52,60)/t42-,43?,44+,47+/m1/s1. The van der Waals surface area contributed by atoms with E-state index >= 15 is 0 Å². The minimum Gasteiger partial charge on any atom is -0.445 e. The Kier molecular flexibility index (Phi) is 12.3. The van der Waals surface area contributed by atoms with Crippen molar-refractivity contribution >= 4 is 29.5 Å². The molecule has 0 saturated carbocycles. The fraction of sp³-hybridized carbons (Fsp3) is 0.320. The number of alkyl carbamates (subject to hydrolysis) is 1. The second kappa shape index (κ2) is 18.5. The number of benzene rings is 5. The monoisotopic (exact) mass is 849 g/mol. The molecule has 0 aliphatic carbocycles. The van der Waals surface area contributed by atoms with Crippen LogP contribution in [0, 0.1) is 0 Å². The van der Waals surface area contributed by atoms with Crippen LogP contribution in [0.25, 0.3) is 11.1 Å². The molecular formula is C50H51N5O8. The highest BCUT2D eigenvalue weighted by atomic mass is 16.7. The highest BCUT2D eigenvalue weighted by molar-refractivity contribution is 6.06. The molecule has 63 heavy (non-hydrogen) atoms. The van der Waals surface area contributed by atoms with Gasteiger partial charge in [-0.3, -0.25) is 19.3 Å². The first-order valence-electron chi connectivity index (χ1n) is 21.6. The third-order valence-electron chi connectivity index (χ3n) is 12.7. The molecule has 1 spiro atoms. The molecule has 5 aromatic rings. The molecule has 5 aromatic carbocycles. The molecule has 0 aromatic heterocycles. The van der Waals surface area contributed by atoms with Crippen molar-refractivity contribution in [3.8, 4) is 11.1 Å². The number of rotatable bonds is 12. The van der Waals surface area contributed by atoms with E-state index in [0.29, 0.717) is 32.5 Å². The van der Waals surface area contributed by atoms with Crippen molar-refractivity contribution in [2.45, 2.75) is 75.5 Å². The summed E-state index contributed by atoms with van der Waals surface area (Å²) in [5, 5.41) is 15.4. The third kappa shape index (κ3) is 9.23. The van der Waals surface area contributed by atoms with Gasteiger partial charge in [0.15, 0.2) is 6.29 Å². The molecule has 4 aliphatic heterocycles. The summed E-state index contributed by atoms with van der Waals surface area (Å²) in [6, 6.07) is 41.9. The molecule has 1 unspecified atom stereocenters. The Morgan fingerprint density at radius 3 is 2.22 bits per heavy atom. The summed E-state index contributed by atoms with van der Waals surface area (Å²) in [7, 11) is 0. The van der Waals surface area contributed by atoms with Crippen LogP contribution in [-0.4, -0.2) is 82.7 Å². The van der Waals surface area contributed by atoms with Gasteiger partial charge in [-0.05, 0) is 70.5 Å². The number of aliphatic hydroxyl groups excluding tert-OH is 1. The minimum atomic E-state index is -0.998. The molecule has 13 heteroatoms. The summed E-state index contributed by atoms with van der Waals surface area (Å²) in [5.74, 6) is -0.763. The number of likely N-dealkylation sites (tertiary alicyclic amines) is 2. The van der Waals surface area contributed by atoms with Gasteiger partial charge in [0.25, 0.3) is 5.91 Å². The molecule has 3 N–H and O–H groups in total. The largest absolute Gasteiger partial charge is 0.445 e. The number of anilines is 1. The lowest BCUT2D eigenvalue weighted by Gasteiger charge is -2.45. The van der Waals surface area contributed by atoms with E-state index in [1.807, 2.05) is 121 Å². The van der Waals surface area contributed by atoms with Crippen molar-refractivity contribution in [3.05, 3.63) is 161 Å². The molecule has 4 amide bonds. The smallest absolute Gasteiger partial charge is 0.408 e. The van der Waals surface area contributed by atoms with Crippen LogP contribution < -0.4 is 15.5 Å². The van der Waals surface area contributed by atoms with E-state index in [9.17, 15) is 24.3 Å². The number of hydrogen-bond acceptors (Lipinski definition) is 10. The number of carbonyl (C=O) groups excluding carboxylic acids is 4. The minimum absolute atomic E-state index is 0.0429. The van der Waals surface area contributed by atoms with Crippen LogP contribution in [0.3, 0.4) is 0 Å². The van der Waals surface area contributed by atoms with E-state index in [4.69, 9.17) is 14.2 Å². The lowest BCUT2D eigenvalue weighted by Crippen LogP contribution is -2.57. The molecule has 324 valence electrons. The number of aliphatic hydroxyl groups is 1.